The Hall–Kier alpha value is -2.48. The predicted molar refractivity (Wildman–Crippen MR) is 74.9 cm³/mol. The molecule has 0 spiro atoms. The molecule has 8 heteroatoms. The van der Waals surface area contributed by atoms with E-state index in [4.69, 9.17) is 9.15 Å². The highest BCUT2D eigenvalue weighted by molar-refractivity contribution is 5.76. The number of furan rings is 1. The Kier molecular flexibility index (Phi) is 4.06. The molecule has 1 aliphatic heterocycles. The van der Waals surface area contributed by atoms with Gasteiger partial charge in [-0.1, -0.05) is 0 Å². The van der Waals surface area contributed by atoms with Gasteiger partial charge >= 0.3 is 0 Å². The van der Waals surface area contributed by atoms with E-state index in [1.54, 1.807) is 18.4 Å². The number of morpholine rings is 1. The van der Waals surface area contributed by atoms with E-state index in [0.717, 1.165) is 6.20 Å². The number of hydrazone groups is 1. The molecule has 0 amide bonds. The van der Waals surface area contributed by atoms with Crippen molar-refractivity contribution < 1.29 is 13.5 Å². The molecule has 3 heterocycles. The first-order valence-electron chi connectivity index (χ1n) is 6.51. The molecule has 1 aliphatic rings. The lowest BCUT2D eigenvalue weighted by Gasteiger charge is -2.27. The average molecular weight is 291 g/mol. The molecular formula is C13H14FN5O2. The van der Waals surface area contributed by atoms with Crippen molar-refractivity contribution in [3.05, 3.63) is 36.2 Å². The Balaban J connectivity index is 1.71. The Labute approximate surface area is 120 Å². The smallest absolute Gasteiger partial charge is 0.245 e. The number of aromatic nitrogens is 2. The topological polar surface area (TPSA) is 75.8 Å². The molecule has 1 fully saturated rings. The van der Waals surface area contributed by atoms with E-state index < -0.39 is 5.82 Å². The summed E-state index contributed by atoms with van der Waals surface area (Å²) in [6.45, 7) is 2.32. The van der Waals surface area contributed by atoms with Crippen molar-refractivity contribution in [2.75, 3.05) is 36.6 Å². The third-order valence-corrected chi connectivity index (χ3v) is 2.94. The van der Waals surface area contributed by atoms with Crippen LogP contribution in [0.15, 0.2) is 34.1 Å². The fourth-order valence-electron chi connectivity index (χ4n) is 1.93. The molecule has 1 N–H and O–H groups in total. The van der Waals surface area contributed by atoms with Gasteiger partial charge in [0.2, 0.25) is 5.95 Å². The Morgan fingerprint density at radius 3 is 3.00 bits per heavy atom. The number of anilines is 2. The summed E-state index contributed by atoms with van der Waals surface area (Å²) in [5, 5.41) is 3.94. The Bertz CT molecular complexity index is 611. The number of nitrogens with one attached hydrogen (secondary N) is 1. The third kappa shape index (κ3) is 3.34. The number of nitrogens with zero attached hydrogens (tertiary/aromatic N) is 4. The molecule has 0 aliphatic carbocycles. The van der Waals surface area contributed by atoms with E-state index in [1.165, 1.54) is 6.21 Å². The maximum Gasteiger partial charge on any atom is 0.245 e. The molecule has 0 aromatic carbocycles. The van der Waals surface area contributed by atoms with E-state index in [2.05, 4.69) is 20.5 Å². The molecule has 3 rings (SSSR count). The van der Waals surface area contributed by atoms with Gasteiger partial charge in [0.05, 0.1) is 31.9 Å². The minimum atomic E-state index is -0.461. The van der Waals surface area contributed by atoms with Gasteiger partial charge in [-0.05, 0) is 12.1 Å². The van der Waals surface area contributed by atoms with Crippen LogP contribution < -0.4 is 10.3 Å². The highest BCUT2D eigenvalue weighted by Gasteiger charge is 2.17. The van der Waals surface area contributed by atoms with Gasteiger partial charge in [0, 0.05) is 13.1 Å². The average Bonchev–Trinajstić information content (AvgIpc) is 3.03. The highest BCUT2D eigenvalue weighted by atomic mass is 19.1. The molecule has 1 saturated heterocycles. The van der Waals surface area contributed by atoms with Gasteiger partial charge in [-0.2, -0.15) is 10.1 Å². The minimum absolute atomic E-state index is 0.223. The highest BCUT2D eigenvalue weighted by Crippen LogP contribution is 2.18. The molecule has 21 heavy (non-hydrogen) atoms. The van der Waals surface area contributed by atoms with Crippen molar-refractivity contribution >= 4 is 18.0 Å². The van der Waals surface area contributed by atoms with E-state index in [-0.39, 0.29) is 11.8 Å². The standard InChI is InChI=1S/C13H14FN5O2/c14-11-9-15-13(18-16-8-10-2-1-5-21-10)17-12(11)19-3-6-20-7-4-19/h1-2,5,8-9H,3-4,6-7H2,(H,15,17,18). The summed E-state index contributed by atoms with van der Waals surface area (Å²) in [7, 11) is 0. The summed E-state index contributed by atoms with van der Waals surface area (Å²) in [6.07, 6.45) is 4.16. The van der Waals surface area contributed by atoms with Gasteiger partial charge in [0.25, 0.3) is 0 Å². The van der Waals surface area contributed by atoms with Crippen LogP contribution in [-0.4, -0.2) is 42.5 Å². The second-order valence-corrected chi connectivity index (χ2v) is 4.35. The maximum absolute atomic E-state index is 13.8. The first-order valence-corrected chi connectivity index (χ1v) is 6.51. The summed E-state index contributed by atoms with van der Waals surface area (Å²) in [5.41, 5.74) is 2.65. The van der Waals surface area contributed by atoms with Gasteiger partial charge in [-0.15, -0.1) is 0 Å². The fraction of sp³-hybridized carbons (Fsp3) is 0.308. The van der Waals surface area contributed by atoms with Crippen LogP contribution in [0.4, 0.5) is 16.2 Å². The zero-order valence-electron chi connectivity index (χ0n) is 11.2. The lowest BCUT2D eigenvalue weighted by molar-refractivity contribution is 0.122. The molecule has 0 atom stereocenters. The SMILES string of the molecule is Fc1cnc(NN=Cc2ccco2)nc1N1CCOCC1. The monoisotopic (exact) mass is 291 g/mol. The normalized spacial score (nSPS) is 15.6. The van der Waals surface area contributed by atoms with Crippen LogP contribution >= 0.6 is 0 Å². The third-order valence-electron chi connectivity index (χ3n) is 2.94. The summed E-state index contributed by atoms with van der Waals surface area (Å²) >= 11 is 0. The second kappa shape index (κ2) is 6.31. The first kappa shape index (κ1) is 13.5. The predicted octanol–water partition coefficient (Wildman–Crippen LogP) is 1.49. The molecule has 0 unspecified atom stereocenters. The largest absolute Gasteiger partial charge is 0.463 e. The summed E-state index contributed by atoms with van der Waals surface area (Å²) in [4.78, 5) is 9.82. The summed E-state index contributed by atoms with van der Waals surface area (Å²) < 4.78 is 24.1. The van der Waals surface area contributed by atoms with E-state index in [1.807, 2.05) is 4.90 Å². The summed E-state index contributed by atoms with van der Waals surface area (Å²) in [6, 6.07) is 3.52. The fourth-order valence-corrected chi connectivity index (χ4v) is 1.93. The van der Waals surface area contributed by atoms with Crippen molar-refractivity contribution in [1.82, 2.24) is 9.97 Å². The van der Waals surface area contributed by atoms with Crippen LogP contribution in [0.5, 0.6) is 0 Å². The quantitative estimate of drug-likeness (QED) is 0.679. The molecule has 110 valence electrons. The molecular weight excluding hydrogens is 277 g/mol. The van der Waals surface area contributed by atoms with Crippen LogP contribution in [0.3, 0.4) is 0 Å². The van der Waals surface area contributed by atoms with Gasteiger partial charge in [-0.25, -0.2) is 14.8 Å². The van der Waals surface area contributed by atoms with Crippen molar-refractivity contribution in [2.45, 2.75) is 0 Å². The van der Waals surface area contributed by atoms with Crippen molar-refractivity contribution in [1.29, 1.82) is 0 Å². The molecule has 2 aromatic heterocycles. The lowest BCUT2D eigenvalue weighted by Crippen LogP contribution is -2.37. The number of rotatable bonds is 4. The van der Waals surface area contributed by atoms with Crippen LogP contribution in [-0.2, 0) is 4.74 Å². The maximum atomic E-state index is 13.8. The number of ether oxygens (including phenoxy) is 1. The van der Waals surface area contributed by atoms with Crippen LogP contribution in [0.25, 0.3) is 0 Å². The van der Waals surface area contributed by atoms with Crippen molar-refractivity contribution in [2.24, 2.45) is 5.10 Å². The number of hydrogen-bond acceptors (Lipinski definition) is 7. The molecule has 2 aromatic rings. The molecule has 7 nitrogen and oxygen atoms in total. The first-order chi connectivity index (χ1) is 10.3. The zero-order valence-corrected chi connectivity index (χ0v) is 11.2. The van der Waals surface area contributed by atoms with Crippen LogP contribution in [0.2, 0.25) is 0 Å². The summed E-state index contributed by atoms with van der Waals surface area (Å²) in [5.74, 6) is 0.611. The van der Waals surface area contributed by atoms with E-state index in [0.29, 0.717) is 32.1 Å². The van der Waals surface area contributed by atoms with Gasteiger partial charge < -0.3 is 14.1 Å². The van der Waals surface area contributed by atoms with E-state index >= 15 is 0 Å². The molecule has 0 bridgehead atoms. The van der Waals surface area contributed by atoms with Crippen LogP contribution in [0.1, 0.15) is 5.76 Å². The van der Waals surface area contributed by atoms with Gasteiger partial charge in [0.1, 0.15) is 5.76 Å². The van der Waals surface area contributed by atoms with Gasteiger partial charge in [0.15, 0.2) is 11.6 Å². The number of hydrogen-bond donors (Lipinski definition) is 1. The number of halogens is 1. The molecule has 0 radical (unpaired) electrons. The molecule has 0 saturated carbocycles. The van der Waals surface area contributed by atoms with Crippen molar-refractivity contribution in [3.8, 4) is 0 Å². The van der Waals surface area contributed by atoms with E-state index in [9.17, 15) is 4.39 Å². The zero-order chi connectivity index (χ0) is 14.5. The second-order valence-electron chi connectivity index (χ2n) is 4.35. The van der Waals surface area contributed by atoms with Crippen LogP contribution in [0, 0.1) is 5.82 Å². The minimum Gasteiger partial charge on any atom is -0.463 e. The Morgan fingerprint density at radius 2 is 2.24 bits per heavy atom. The lowest BCUT2D eigenvalue weighted by atomic mass is 10.4. The Morgan fingerprint density at radius 1 is 1.38 bits per heavy atom. The van der Waals surface area contributed by atoms with Crippen molar-refractivity contribution in [3.63, 3.8) is 0 Å². The van der Waals surface area contributed by atoms with Gasteiger partial charge in [-0.3, -0.25) is 0 Å².